The molecule has 0 aliphatic carbocycles. The molecule has 15 heavy (non-hydrogen) atoms. The summed E-state index contributed by atoms with van der Waals surface area (Å²) in [6.45, 7) is 1.39. The molecule has 4 heteroatoms. The molecular formula is C11H12IN3. The van der Waals surface area contributed by atoms with Gasteiger partial charge in [-0.15, -0.1) is 0 Å². The molecule has 1 heterocycles. The largest absolute Gasteiger partial charge is 0.326 e. The fourth-order valence-corrected chi connectivity index (χ4v) is 1.91. The lowest BCUT2D eigenvalue weighted by atomic mass is 10.1. The van der Waals surface area contributed by atoms with Gasteiger partial charge in [-0.1, -0.05) is 24.3 Å². The Morgan fingerprint density at radius 3 is 2.80 bits per heavy atom. The third-order valence-corrected chi connectivity index (χ3v) is 2.73. The quantitative estimate of drug-likeness (QED) is 0.881. The Morgan fingerprint density at radius 2 is 2.13 bits per heavy atom. The van der Waals surface area contributed by atoms with Gasteiger partial charge in [-0.05, 0) is 33.7 Å². The molecule has 0 bridgehead atoms. The van der Waals surface area contributed by atoms with E-state index >= 15 is 0 Å². The lowest BCUT2D eigenvalue weighted by Gasteiger charge is -2.03. The van der Waals surface area contributed by atoms with E-state index in [-0.39, 0.29) is 0 Å². The molecule has 0 aliphatic heterocycles. The number of halogens is 1. The van der Waals surface area contributed by atoms with Gasteiger partial charge in [-0.2, -0.15) is 5.10 Å². The van der Waals surface area contributed by atoms with Crippen LogP contribution >= 0.6 is 22.6 Å². The minimum Gasteiger partial charge on any atom is -0.326 e. The molecule has 2 aromatic rings. The topological polar surface area (TPSA) is 43.8 Å². The summed E-state index contributed by atoms with van der Waals surface area (Å²) in [6, 6.07) is 8.28. The molecule has 1 aromatic carbocycles. The van der Waals surface area contributed by atoms with Gasteiger partial charge in [0.1, 0.15) is 0 Å². The summed E-state index contributed by atoms with van der Waals surface area (Å²) in [5.74, 6) is 0. The van der Waals surface area contributed by atoms with Crippen molar-refractivity contribution in [3.63, 3.8) is 0 Å². The second kappa shape index (κ2) is 4.76. The molecule has 78 valence electrons. The van der Waals surface area contributed by atoms with Crippen molar-refractivity contribution in [3.05, 3.63) is 51.4 Å². The normalized spacial score (nSPS) is 10.5. The van der Waals surface area contributed by atoms with E-state index in [1.807, 2.05) is 29.2 Å². The smallest absolute Gasteiger partial charge is 0.0659 e. The van der Waals surface area contributed by atoms with Gasteiger partial charge < -0.3 is 5.73 Å². The van der Waals surface area contributed by atoms with Crippen molar-refractivity contribution in [3.8, 4) is 0 Å². The van der Waals surface area contributed by atoms with Gasteiger partial charge in [0.05, 0.1) is 16.3 Å². The fraction of sp³-hybridized carbons (Fsp3) is 0.182. The van der Waals surface area contributed by atoms with Gasteiger partial charge in [0.15, 0.2) is 0 Å². The molecule has 3 nitrogen and oxygen atoms in total. The van der Waals surface area contributed by atoms with E-state index in [2.05, 4.69) is 39.8 Å². The second-order valence-corrected chi connectivity index (χ2v) is 4.63. The maximum Gasteiger partial charge on any atom is 0.0659 e. The highest BCUT2D eigenvalue weighted by Crippen LogP contribution is 2.08. The fourth-order valence-electron chi connectivity index (χ4n) is 1.47. The van der Waals surface area contributed by atoms with Crippen molar-refractivity contribution in [2.45, 2.75) is 13.1 Å². The Balaban J connectivity index is 2.16. The summed E-state index contributed by atoms with van der Waals surface area (Å²) in [7, 11) is 0. The monoisotopic (exact) mass is 313 g/mol. The first-order valence-corrected chi connectivity index (χ1v) is 5.81. The highest BCUT2D eigenvalue weighted by atomic mass is 127. The van der Waals surface area contributed by atoms with E-state index in [1.165, 1.54) is 5.56 Å². The number of nitrogens with zero attached hydrogens (tertiary/aromatic N) is 2. The zero-order valence-electron chi connectivity index (χ0n) is 8.23. The van der Waals surface area contributed by atoms with Crippen molar-refractivity contribution in [1.82, 2.24) is 9.78 Å². The molecule has 0 spiro atoms. The molecular weight excluding hydrogens is 301 g/mol. The number of aromatic nitrogens is 2. The Labute approximate surface area is 102 Å². The van der Waals surface area contributed by atoms with Crippen LogP contribution in [0, 0.1) is 3.57 Å². The second-order valence-electron chi connectivity index (χ2n) is 3.38. The minimum atomic E-state index is 0.588. The Kier molecular flexibility index (Phi) is 3.37. The van der Waals surface area contributed by atoms with Gasteiger partial charge in [-0.3, -0.25) is 4.68 Å². The van der Waals surface area contributed by atoms with E-state index in [1.54, 1.807) is 0 Å². The molecule has 0 aliphatic rings. The van der Waals surface area contributed by atoms with E-state index in [9.17, 15) is 0 Å². The predicted octanol–water partition coefficient (Wildman–Crippen LogP) is 1.99. The van der Waals surface area contributed by atoms with Gasteiger partial charge >= 0.3 is 0 Å². The molecule has 1 aromatic heterocycles. The highest BCUT2D eigenvalue weighted by Gasteiger charge is 1.98. The van der Waals surface area contributed by atoms with E-state index in [0.29, 0.717) is 6.54 Å². The summed E-state index contributed by atoms with van der Waals surface area (Å²) in [6.07, 6.45) is 3.88. The van der Waals surface area contributed by atoms with Crippen LogP contribution in [0.2, 0.25) is 0 Å². The number of hydrogen-bond acceptors (Lipinski definition) is 2. The standard InChI is InChI=1S/C11H12IN3/c12-11-6-14-15(8-11)7-10-3-1-2-9(4-10)5-13/h1-4,6,8H,5,7,13H2. The Bertz CT molecular complexity index is 451. The van der Waals surface area contributed by atoms with Crippen molar-refractivity contribution >= 4 is 22.6 Å². The van der Waals surface area contributed by atoms with Gasteiger partial charge in [-0.25, -0.2) is 0 Å². The van der Waals surface area contributed by atoms with E-state index < -0.39 is 0 Å². The molecule has 0 amide bonds. The van der Waals surface area contributed by atoms with Crippen molar-refractivity contribution in [2.24, 2.45) is 5.73 Å². The maximum absolute atomic E-state index is 5.59. The summed E-state index contributed by atoms with van der Waals surface area (Å²) < 4.78 is 3.08. The van der Waals surface area contributed by atoms with Crippen molar-refractivity contribution < 1.29 is 0 Å². The van der Waals surface area contributed by atoms with Gasteiger partial charge in [0.25, 0.3) is 0 Å². The molecule has 0 saturated carbocycles. The van der Waals surface area contributed by atoms with E-state index in [4.69, 9.17) is 5.73 Å². The molecule has 0 radical (unpaired) electrons. The number of benzene rings is 1. The highest BCUT2D eigenvalue weighted by molar-refractivity contribution is 14.1. The average molecular weight is 313 g/mol. The van der Waals surface area contributed by atoms with Crippen LogP contribution in [0.5, 0.6) is 0 Å². The first-order chi connectivity index (χ1) is 7.28. The molecule has 0 saturated heterocycles. The molecule has 2 N–H and O–H groups in total. The van der Waals surface area contributed by atoms with Gasteiger partial charge in [0, 0.05) is 12.7 Å². The molecule has 0 unspecified atom stereocenters. The molecule has 0 fully saturated rings. The molecule has 2 rings (SSSR count). The summed E-state index contributed by atoms with van der Waals surface area (Å²) in [4.78, 5) is 0. The molecule has 0 atom stereocenters. The Hall–Kier alpha value is -0.880. The first kappa shape index (κ1) is 10.6. The summed E-state index contributed by atoms with van der Waals surface area (Å²) >= 11 is 2.25. The number of nitrogens with two attached hydrogens (primary N) is 1. The predicted molar refractivity (Wildman–Crippen MR) is 68.4 cm³/mol. The van der Waals surface area contributed by atoms with E-state index in [0.717, 1.165) is 15.7 Å². The third kappa shape index (κ3) is 2.79. The SMILES string of the molecule is NCc1cccc(Cn2cc(I)cn2)c1. The third-order valence-electron chi connectivity index (χ3n) is 2.17. The van der Waals surface area contributed by atoms with Crippen LogP contribution in [0.25, 0.3) is 0 Å². The number of rotatable bonds is 3. The zero-order valence-corrected chi connectivity index (χ0v) is 10.4. The lowest BCUT2D eigenvalue weighted by Crippen LogP contribution is -2.02. The lowest BCUT2D eigenvalue weighted by molar-refractivity contribution is 0.686. The minimum absolute atomic E-state index is 0.588. The van der Waals surface area contributed by atoms with Crippen LogP contribution in [-0.4, -0.2) is 9.78 Å². The summed E-state index contributed by atoms with van der Waals surface area (Å²) in [5, 5.41) is 4.24. The maximum atomic E-state index is 5.59. The van der Waals surface area contributed by atoms with Crippen LogP contribution in [0.15, 0.2) is 36.7 Å². The van der Waals surface area contributed by atoms with Crippen LogP contribution in [0.4, 0.5) is 0 Å². The van der Waals surface area contributed by atoms with Crippen LogP contribution in [0.1, 0.15) is 11.1 Å². The van der Waals surface area contributed by atoms with Crippen LogP contribution < -0.4 is 5.73 Å². The average Bonchev–Trinajstić information content (AvgIpc) is 2.64. The van der Waals surface area contributed by atoms with Crippen LogP contribution in [0.3, 0.4) is 0 Å². The van der Waals surface area contributed by atoms with Gasteiger partial charge in [0.2, 0.25) is 0 Å². The Morgan fingerprint density at radius 1 is 1.33 bits per heavy atom. The van der Waals surface area contributed by atoms with Crippen molar-refractivity contribution in [2.75, 3.05) is 0 Å². The van der Waals surface area contributed by atoms with Crippen LogP contribution in [-0.2, 0) is 13.1 Å². The van der Waals surface area contributed by atoms with Crippen molar-refractivity contribution in [1.29, 1.82) is 0 Å². The zero-order chi connectivity index (χ0) is 10.7. The first-order valence-electron chi connectivity index (χ1n) is 4.74. The number of hydrogen-bond donors (Lipinski definition) is 1. The summed E-state index contributed by atoms with van der Waals surface area (Å²) in [5.41, 5.74) is 7.99.